The fourth-order valence-electron chi connectivity index (χ4n) is 7.67. The van der Waals surface area contributed by atoms with Gasteiger partial charge in [0.05, 0.1) is 0 Å². The Morgan fingerprint density at radius 1 is 0.647 bits per heavy atom. The monoisotopic (exact) mass is 460 g/mol. The van der Waals surface area contributed by atoms with Crippen molar-refractivity contribution in [2.75, 3.05) is 0 Å². The molecule has 0 saturated heterocycles. The lowest BCUT2D eigenvalue weighted by molar-refractivity contribution is 0.400. The summed E-state index contributed by atoms with van der Waals surface area (Å²) in [5.41, 5.74) is 9.17. The van der Waals surface area contributed by atoms with Gasteiger partial charge in [0.15, 0.2) is 0 Å². The first-order valence-electron chi connectivity index (χ1n) is 13.9. The van der Waals surface area contributed by atoms with Crippen LogP contribution in [0.25, 0.3) is 0 Å². The third-order valence-electron chi connectivity index (χ3n) is 8.56. The van der Waals surface area contributed by atoms with Crippen molar-refractivity contribution in [2.45, 2.75) is 94.9 Å². The minimum Gasteiger partial charge on any atom is -0.0850 e. The van der Waals surface area contributed by atoms with Crippen LogP contribution in [-0.4, -0.2) is 0 Å². The number of hydrogen-bond donors (Lipinski definition) is 0. The van der Waals surface area contributed by atoms with E-state index < -0.39 is 0 Å². The van der Waals surface area contributed by atoms with E-state index >= 15 is 0 Å². The van der Waals surface area contributed by atoms with E-state index in [4.69, 9.17) is 0 Å². The van der Waals surface area contributed by atoms with E-state index in [1.807, 2.05) is 0 Å². The van der Waals surface area contributed by atoms with Crippen LogP contribution in [0, 0.1) is 47.3 Å². The van der Waals surface area contributed by atoms with Gasteiger partial charge in [0, 0.05) is 0 Å². The summed E-state index contributed by atoms with van der Waals surface area (Å²) in [7, 11) is 0. The Kier molecular flexibility index (Phi) is 9.10. The molecule has 0 N–H and O–H groups in total. The number of allylic oxidation sites excluding steroid dienone is 12. The van der Waals surface area contributed by atoms with E-state index in [1.165, 1.54) is 48.0 Å². The zero-order valence-electron chi connectivity index (χ0n) is 23.9. The Hall–Kier alpha value is -1.56. The summed E-state index contributed by atoms with van der Waals surface area (Å²) in [6, 6.07) is 0. The molecule has 0 aliphatic heterocycles. The second kappa shape index (κ2) is 11.5. The lowest BCUT2D eigenvalue weighted by Crippen LogP contribution is -2.12. The molecule has 0 aromatic carbocycles. The number of fused-ring (bicyclic) bond motifs is 2. The highest BCUT2D eigenvalue weighted by molar-refractivity contribution is 5.25. The summed E-state index contributed by atoms with van der Waals surface area (Å²) in [5, 5.41) is 0. The molecule has 4 rings (SSSR count). The smallest absolute Gasteiger partial charge is 0.0106 e. The number of hydrogen-bond acceptors (Lipinski definition) is 0. The number of rotatable bonds is 4. The van der Waals surface area contributed by atoms with Gasteiger partial charge >= 0.3 is 0 Å². The Labute approximate surface area is 212 Å². The van der Waals surface area contributed by atoms with E-state index in [0.717, 1.165) is 47.3 Å². The molecule has 0 aromatic heterocycles. The highest BCUT2D eigenvalue weighted by Gasteiger charge is 2.44. The van der Waals surface area contributed by atoms with E-state index in [0.29, 0.717) is 0 Å². The zero-order chi connectivity index (χ0) is 25.2. The first-order chi connectivity index (χ1) is 16.0. The van der Waals surface area contributed by atoms with Gasteiger partial charge in [-0.25, -0.2) is 0 Å². The van der Waals surface area contributed by atoms with Crippen molar-refractivity contribution in [1.82, 2.24) is 0 Å². The molecule has 8 atom stereocenters. The molecule has 4 aliphatic carbocycles. The molecule has 2 fully saturated rings. The molecular weight excluding hydrogens is 408 g/mol. The molecule has 4 aliphatic rings. The van der Waals surface area contributed by atoms with Crippen LogP contribution in [0.3, 0.4) is 0 Å². The summed E-state index contributed by atoms with van der Waals surface area (Å²) in [6.07, 6.45) is 20.4. The molecule has 0 amide bonds. The topological polar surface area (TPSA) is 0 Å². The second-order valence-electron chi connectivity index (χ2n) is 12.9. The highest BCUT2D eigenvalue weighted by Crippen LogP contribution is 2.53. The Balaban J connectivity index is 0.000000191. The lowest BCUT2D eigenvalue weighted by Gasteiger charge is -2.19. The van der Waals surface area contributed by atoms with Gasteiger partial charge in [-0.3, -0.25) is 0 Å². The molecule has 0 spiro atoms. The fraction of sp³-hybridized carbons (Fsp3) is 0.647. The summed E-state index contributed by atoms with van der Waals surface area (Å²) in [6.45, 7) is 22.5. The molecule has 0 aromatic rings. The van der Waals surface area contributed by atoms with E-state index in [-0.39, 0.29) is 0 Å². The van der Waals surface area contributed by atoms with Gasteiger partial charge in [0.2, 0.25) is 0 Å². The van der Waals surface area contributed by atoms with Crippen LogP contribution in [0.15, 0.2) is 69.9 Å². The van der Waals surface area contributed by atoms with Gasteiger partial charge < -0.3 is 0 Å². The minimum absolute atomic E-state index is 0.781. The van der Waals surface area contributed by atoms with Gasteiger partial charge in [-0.2, -0.15) is 0 Å². The average Bonchev–Trinajstić information content (AvgIpc) is 3.41. The molecule has 2 saturated carbocycles. The standard InChI is InChI=1S/2C17H26/c1-11(2)6-14-10-15(7-12(3)4)17-9-13(5)8-16(14)17;1-11(2)8-14-10-15(9-12(3)4)17-13(5)6-7-16(14)17/h6-8,14-17H,9-10H2,1-5H3;6,8-9,14-17H,7,10H2,1-5H3. The fourth-order valence-corrected chi connectivity index (χ4v) is 7.67. The average molecular weight is 461 g/mol. The predicted molar refractivity (Wildman–Crippen MR) is 152 cm³/mol. The first-order valence-corrected chi connectivity index (χ1v) is 13.9. The van der Waals surface area contributed by atoms with Gasteiger partial charge in [0.25, 0.3) is 0 Å². The SMILES string of the molecule is CC(C)=CC1CC(C=C(C)C)C2C(C)=CCC12.CC(C)=CC1CC(C=C(C)C)C2CC(C)=CC12. The van der Waals surface area contributed by atoms with Crippen molar-refractivity contribution in [3.05, 3.63) is 69.9 Å². The first kappa shape index (κ1) is 27.0. The summed E-state index contributed by atoms with van der Waals surface area (Å²) in [4.78, 5) is 0. The molecule has 8 unspecified atom stereocenters. The van der Waals surface area contributed by atoms with Crippen LogP contribution in [0.4, 0.5) is 0 Å². The molecule has 0 radical (unpaired) electrons. The van der Waals surface area contributed by atoms with Crippen LogP contribution >= 0.6 is 0 Å². The Bertz CT molecular complexity index is 880. The van der Waals surface area contributed by atoms with E-state index in [9.17, 15) is 0 Å². The van der Waals surface area contributed by atoms with Gasteiger partial charge in [-0.05, 0) is 142 Å². The van der Waals surface area contributed by atoms with E-state index in [1.54, 1.807) is 11.1 Å². The van der Waals surface area contributed by atoms with Crippen molar-refractivity contribution >= 4 is 0 Å². The van der Waals surface area contributed by atoms with Crippen LogP contribution < -0.4 is 0 Å². The van der Waals surface area contributed by atoms with Gasteiger partial charge in [0.1, 0.15) is 0 Å². The third kappa shape index (κ3) is 6.56. The van der Waals surface area contributed by atoms with E-state index in [2.05, 4.69) is 106 Å². The summed E-state index contributed by atoms with van der Waals surface area (Å²) < 4.78 is 0. The molecular formula is C34H52. The van der Waals surface area contributed by atoms with Crippen molar-refractivity contribution < 1.29 is 0 Å². The normalized spacial score (nSPS) is 35.2. The Morgan fingerprint density at radius 3 is 1.68 bits per heavy atom. The summed E-state index contributed by atoms with van der Waals surface area (Å²) in [5.74, 6) is 6.57. The largest absolute Gasteiger partial charge is 0.0850 e. The van der Waals surface area contributed by atoms with Crippen molar-refractivity contribution in [3.8, 4) is 0 Å². The van der Waals surface area contributed by atoms with Crippen LogP contribution in [0.5, 0.6) is 0 Å². The molecule has 0 bridgehead atoms. The molecule has 188 valence electrons. The maximum absolute atomic E-state index is 2.55. The third-order valence-corrected chi connectivity index (χ3v) is 8.56. The highest BCUT2D eigenvalue weighted by atomic mass is 14.5. The van der Waals surface area contributed by atoms with Crippen molar-refractivity contribution in [1.29, 1.82) is 0 Å². The summed E-state index contributed by atoms with van der Waals surface area (Å²) >= 11 is 0. The predicted octanol–water partition coefficient (Wildman–Crippen LogP) is 10.3. The van der Waals surface area contributed by atoms with Gasteiger partial charge in [-0.1, -0.05) is 69.9 Å². The zero-order valence-corrected chi connectivity index (χ0v) is 23.9. The van der Waals surface area contributed by atoms with Crippen LogP contribution in [0.2, 0.25) is 0 Å². The van der Waals surface area contributed by atoms with Gasteiger partial charge in [-0.15, -0.1) is 0 Å². The van der Waals surface area contributed by atoms with Crippen molar-refractivity contribution in [3.63, 3.8) is 0 Å². The van der Waals surface area contributed by atoms with Crippen LogP contribution in [-0.2, 0) is 0 Å². The van der Waals surface area contributed by atoms with Crippen LogP contribution in [0.1, 0.15) is 94.9 Å². The molecule has 0 heterocycles. The lowest BCUT2D eigenvalue weighted by atomic mass is 9.85. The molecule has 0 heteroatoms. The minimum atomic E-state index is 0.781. The molecule has 34 heavy (non-hydrogen) atoms. The maximum atomic E-state index is 2.55. The quantitative estimate of drug-likeness (QED) is 0.366. The maximum Gasteiger partial charge on any atom is -0.0106 e. The Morgan fingerprint density at radius 2 is 1.12 bits per heavy atom. The molecule has 0 nitrogen and oxygen atoms in total. The van der Waals surface area contributed by atoms with Crippen molar-refractivity contribution in [2.24, 2.45) is 47.3 Å². The second-order valence-corrected chi connectivity index (χ2v) is 12.9.